The minimum absolute atomic E-state index is 0.0128. The summed E-state index contributed by atoms with van der Waals surface area (Å²) in [6.07, 6.45) is 4.73. The first kappa shape index (κ1) is 10.6. The predicted molar refractivity (Wildman–Crippen MR) is 55.5 cm³/mol. The highest BCUT2D eigenvalue weighted by Crippen LogP contribution is 2.58. The van der Waals surface area contributed by atoms with Crippen LogP contribution in [0.15, 0.2) is 5.18 Å². The standard InChI is InChI=1S/C11H17NO3/c1-8(12-15)10-2-5-11(6-3-10,7-4-10)9(13)14/h8H,2-7H2,1H3,(H,13,14). The number of carbonyl (C=O) groups is 1. The number of aliphatic carboxylic acids is 1. The molecule has 4 nitrogen and oxygen atoms in total. The SMILES string of the molecule is CC(N=O)C12CCC(C(=O)O)(CC1)CC2. The normalized spacial score (nSPS) is 41.1. The van der Waals surface area contributed by atoms with E-state index in [1.807, 2.05) is 6.92 Å². The van der Waals surface area contributed by atoms with Gasteiger partial charge in [0.15, 0.2) is 0 Å². The Balaban J connectivity index is 2.17. The maximum absolute atomic E-state index is 11.2. The van der Waals surface area contributed by atoms with Gasteiger partial charge >= 0.3 is 5.97 Å². The van der Waals surface area contributed by atoms with Crippen molar-refractivity contribution in [1.82, 2.24) is 0 Å². The van der Waals surface area contributed by atoms with Crippen LogP contribution in [0.1, 0.15) is 45.4 Å². The maximum Gasteiger partial charge on any atom is 0.309 e. The molecule has 3 aliphatic carbocycles. The molecule has 0 radical (unpaired) electrons. The van der Waals surface area contributed by atoms with Crippen LogP contribution in [0.5, 0.6) is 0 Å². The highest BCUT2D eigenvalue weighted by molar-refractivity contribution is 5.75. The number of nitroso groups, excluding NO2 is 1. The Hall–Kier alpha value is -0.930. The molecule has 0 spiro atoms. The summed E-state index contributed by atoms with van der Waals surface area (Å²) < 4.78 is 0. The van der Waals surface area contributed by atoms with E-state index in [-0.39, 0.29) is 11.5 Å². The van der Waals surface area contributed by atoms with Gasteiger partial charge < -0.3 is 5.11 Å². The highest BCUT2D eigenvalue weighted by Gasteiger charge is 2.54. The molecule has 0 aromatic rings. The van der Waals surface area contributed by atoms with Gasteiger partial charge in [-0.1, -0.05) is 5.18 Å². The molecule has 0 aliphatic heterocycles. The van der Waals surface area contributed by atoms with Crippen LogP contribution in [-0.4, -0.2) is 17.1 Å². The smallest absolute Gasteiger partial charge is 0.309 e. The van der Waals surface area contributed by atoms with Crippen LogP contribution in [0.25, 0.3) is 0 Å². The zero-order valence-electron chi connectivity index (χ0n) is 9.03. The summed E-state index contributed by atoms with van der Waals surface area (Å²) in [6, 6.07) is -0.162. The Morgan fingerprint density at radius 2 is 1.67 bits per heavy atom. The average Bonchev–Trinajstić information content (AvgIpc) is 2.30. The minimum Gasteiger partial charge on any atom is -0.481 e. The van der Waals surface area contributed by atoms with Crippen LogP contribution in [0.3, 0.4) is 0 Å². The zero-order chi connectivity index (χ0) is 11.1. The van der Waals surface area contributed by atoms with Gasteiger partial charge in [-0.05, 0) is 50.9 Å². The van der Waals surface area contributed by atoms with Crippen molar-refractivity contribution in [1.29, 1.82) is 0 Å². The van der Waals surface area contributed by atoms with Gasteiger partial charge in [0.2, 0.25) is 0 Å². The number of carboxylic acids is 1. The lowest BCUT2D eigenvalue weighted by molar-refractivity contribution is -0.159. The number of hydrogen-bond donors (Lipinski definition) is 1. The fraction of sp³-hybridized carbons (Fsp3) is 0.909. The molecule has 1 unspecified atom stereocenters. The maximum atomic E-state index is 11.2. The van der Waals surface area contributed by atoms with E-state index < -0.39 is 11.4 Å². The predicted octanol–water partition coefficient (Wildman–Crippen LogP) is 2.57. The van der Waals surface area contributed by atoms with Crippen molar-refractivity contribution < 1.29 is 9.90 Å². The fourth-order valence-corrected chi connectivity index (χ4v) is 3.27. The lowest BCUT2D eigenvalue weighted by Crippen LogP contribution is -2.49. The van der Waals surface area contributed by atoms with Gasteiger partial charge in [0.05, 0.1) is 11.5 Å². The number of carboxylic acid groups (broad SMARTS) is 1. The molecule has 3 aliphatic rings. The van der Waals surface area contributed by atoms with E-state index in [2.05, 4.69) is 5.18 Å². The van der Waals surface area contributed by atoms with Crippen LogP contribution >= 0.6 is 0 Å². The second-order valence-electron chi connectivity index (χ2n) is 5.23. The third-order valence-corrected chi connectivity index (χ3v) is 4.80. The van der Waals surface area contributed by atoms with Gasteiger partial charge in [0.25, 0.3) is 0 Å². The molecule has 0 aromatic heterocycles. The molecule has 2 bridgehead atoms. The summed E-state index contributed by atoms with van der Waals surface area (Å²) in [5.74, 6) is -0.650. The van der Waals surface area contributed by atoms with Gasteiger partial charge in [-0.15, -0.1) is 0 Å². The van der Waals surface area contributed by atoms with Crippen LogP contribution in [0.2, 0.25) is 0 Å². The van der Waals surface area contributed by atoms with Gasteiger partial charge in [-0.25, -0.2) is 0 Å². The van der Waals surface area contributed by atoms with Gasteiger partial charge in [0.1, 0.15) is 0 Å². The van der Waals surface area contributed by atoms with Crippen molar-refractivity contribution in [2.45, 2.75) is 51.5 Å². The molecule has 3 fully saturated rings. The largest absolute Gasteiger partial charge is 0.481 e. The zero-order valence-corrected chi connectivity index (χ0v) is 9.03. The summed E-state index contributed by atoms with van der Waals surface area (Å²) in [4.78, 5) is 21.8. The van der Waals surface area contributed by atoms with Crippen molar-refractivity contribution in [2.24, 2.45) is 16.0 Å². The first-order valence-corrected chi connectivity index (χ1v) is 5.61. The van der Waals surface area contributed by atoms with E-state index in [9.17, 15) is 14.8 Å². The Kier molecular flexibility index (Phi) is 2.32. The summed E-state index contributed by atoms with van der Waals surface area (Å²) in [6.45, 7) is 1.87. The Labute approximate surface area is 89.0 Å². The quantitative estimate of drug-likeness (QED) is 0.729. The van der Waals surface area contributed by atoms with E-state index in [0.717, 1.165) is 38.5 Å². The molecule has 1 N–H and O–H groups in total. The van der Waals surface area contributed by atoms with Crippen molar-refractivity contribution in [3.63, 3.8) is 0 Å². The fourth-order valence-electron chi connectivity index (χ4n) is 3.27. The second kappa shape index (κ2) is 3.29. The summed E-state index contributed by atoms with van der Waals surface area (Å²) >= 11 is 0. The first-order valence-electron chi connectivity index (χ1n) is 5.61. The van der Waals surface area contributed by atoms with Crippen LogP contribution in [0, 0.1) is 15.7 Å². The molecular formula is C11H17NO3. The van der Waals surface area contributed by atoms with E-state index >= 15 is 0 Å². The lowest BCUT2D eigenvalue weighted by Gasteiger charge is -2.52. The van der Waals surface area contributed by atoms with Gasteiger partial charge in [0, 0.05) is 0 Å². The lowest BCUT2D eigenvalue weighted by atomic mass is 9.52. The average molecular weight is 211 g/mol. The molecule has 15 heavy (non-hydrogen) atoms. The molecule has 84 valence electrons. The van der Waals surface area contributed by atoms with E-state index in [1.165, 1.54) is 0 Å². The monoisotopic (exact) mass is 211 g/mol. The summed E-state index contributed by atoms with van der Waals surface area (Å²) in [5, 5.41) is 12.4. The molecule has 0 heterocycles. The van der Waals surface area contributed by atoms with Gasteiger partial charge in [-0.2, -0.15) is 4.91 Å². The number of rotatable bonds is 3. The second-order valence-corrected chi connectivity index (χ2v) is 5.23. The van der Waals surface area contributed by atoms with Crippen molar-refractivity contribution in [3.05, 3.63) is 4.91 Å². The number of nitrogens with zero attached hydrogens (tertiary/aromatic N) is 1. The van der Waals surface area contributed by atoms with Gasteiger partial charge in [-0.3, -0.25) is 4.79 Å². The number of fused-ring (bicyclic) bond motifs is 3. The molecule has 0 aromatic carbocycles. The van der Waals surface area contributed by atoms with E-state index in [4.69, 9.17) is 0 Å². The van der Waals surface area contributed by atoms with Crippen molar-refractivity contribution in [2.75, 3.05) is 0 Å². The molecular weight excluding hydrogens is 194 g/mol. The molecule has 1 atom stereocenters. The summed E-state index contributed by atoms with van der Waals surface area (Å²) in [7, 11) is 0. The highest BCUT2D eigenvalue weighted by atomic mass is 16.4. The Morgan fingerprint density at radius 1 is 1.20 bits per heavy atom. The summed E-state index contributed by atoms with van der Waals surface area (Å²) in [5.41, 5.74) is -0.469. The van der Waals surface area contributed by atoms with Crippen molar-refractivity contribution in [3.8, 4) is 0 Å². The molecule has 0 saturated heterocycles. The first-order chi connectivity index (χ1) is 7.05. The molecule has 3 rings (SSSR count). The van der Waals surface area contributed by atoms with Crippen LogP contribution in [0.4, 0.5) is 0 Å². The Morgan fingerprint density at radius 3 is 2.00 bits per heavy atom. The third kappa shape index (κ3) is 1.38. The molecule has 4 heteroatoms. The van der Waals surface area contributed by atoms with E-state index in [0.29, 0.717) is 0 Å². The van der Waals surface area contributed by atoms with E-state index in [1.54, 1.807) is 0 Å². The number of hydrogen-bond acceptors (Lipinski definition) is 3. The van der Waals surface area contributed by atoms with Crippen molar-refractivity contribution >= 4 is 5.97 Å². The van der Waals surface area contributed by atoms with Crippen LogP contribution in [-0.2, 0) is 4.79 Å². The Bertz CT molecular complexity index is 276. The molecule has 0 amide bonds. The van der Waals surface area contributed by atoms with Crippen LogP contribution < -0.4 is 0 Å². The molecule has 3 saturated carbocycles. The third-order valence-electron chi connectivity index (χ3n) is 4.80. The topological polar surface area (TPSA) is 66.7 Å². The minimum atomic E-state index is -0.650.